The largest absolute Gasteiger partial charge is 0.486 e. The lowest BCUT2D eigenvalue weighted by atomic mass is 10.2. The van der Waals surface area contributed by atoms with Crippen LogP contribution in [0.1, 0.15) is 5.56 Å². The van der Waals surface area contributed by atoms with Crippen LogP contribution in [0.25, 0.3) is 0 Å². The minimum absolute atomic E-state index is 0.0633. The van der Waals surface area contributed by atoms with Gasteiger partial charge in [0.05, 0.1) is 10.0 Å². The number of halogens is 3. The molecule has 1 aliphatic rings. The summed E-state index contributed by atoms with van der Waals surface area (Å²) in [5.41, 5.74) is 0.764. The summed E-state index contributed by atoms with van der Waals surface area (Å²) < 4.78 is 38.5. The Morgan fingerprint density at radius 3 is 2.32 bits per heavy atom. The molecule has 2 aromatic carbocycles. The molecule has 0 aliphatic carbocycles. The zero-order valence-corrected chi connectivity index (χ0v) is 17.0. The maximum Gasteiger partial charge on any atom is 0.246 e. The molecular formula is C16H14BrCl2NO4S. The lowest BCUT2D eigenvalue weighted by molar-refractivity contribution is 0.171. The Kier molecular flexibility index (Phi) is 5.51. The standard InChI is InChI=1S/C16H14BrCl2NO4S/c1-20(9-10-2-3-14-15(6-10)24-5-4-23-14)25(21,22)16-12(18)7-11(17)8-13(16)19/h2-3,6-8H,4-5,9H2,1H3. The molecule has 0 bridgehead atoms. The molecule has 25 heavy (non-hydrogen) atoms. The van der Waals surface area contributed by atoms with E-state index in [0.717, 1.165) is 5.56 Å². The first-order chi connectivity index (χ1) is 11.8. The van der Waals surface area contributed by atoms with Gasteiger partial charge < -0.3 is 9.47 Å². The fraction of sp³-hybridized carbons (Fsp3) is 0.250. The third-order valence-electron chi connectivity index (χ3n) is 3.64. The molecule has 1 heterocycles. The topological polar surface area (TPSA) is 55.8 Å². The highest BCUT2D eigenvalue weighted by atomic mass is 79.9. The van der Waals surface area contributed by atoms with Gasteiger partial charge in [0.2, 0.25) is 10.0 Å². The van der Waals surface area contributed by atoms with Gasteiger partial charge in [-0.25, -0.2) is 8.42 Å². The Balaban J connectivity index is 1.89. The number of benzene rings is 2. The third-order valence-corrected chi connectivity index (χ3v) is 6.83. The molecule has 0 aromatic heterocycles. The van der Waals surface area contributed by atoms with Gasteiger partial charge in [-0.3, -0.25) is 0 Å². The van der Waals surface area contributed by atoms with Crippen molar-refractivity contribution in [1.82, 2.24) is 4.31 Å². The van der Waals surface area contributed by atoms with Crippen LogP contribution in [0, 0.1) is 0 Å². The van der Waals surface area contributed by atoms with Crippen molar-refractivity contribution >= 4 is 49.2 Å². The fourth-order valence-electron chi connectivity index (χ4n) is 2.46. The van der Waals surface area contributed by atoms with Gasteiger partial charge >= 0.3 is 0 Å². The van der Waals surface area contributed by atoms with E-state index in [1.165, 1.54) is 23.5 Å². The first kappa shape index (κ1) is 18.8. The van der Waals surface area contributed by atoms with E-state index in [1.54, 1.807) is 18.2 Å². The predicted molar refractivity (Wildman–Crippen MR) is 100 cm³/mol. The second-order valence-electron chi connectivity index (χ2n) is 5.44. The second-order valence-corrected chi connectivity index (χ2v) is 9.15. The van der Waals surface area contributed by atoms with Crippen molar-refractivity contribution < 1.29 is 17.9 Å². The molecule has 0 unspecified atom stereocenters. The van der Waals surface area contributed by atoms with Gasteiger partial charge in [-0.05, 0) is 29.8 Å². The molecule has 1 aliphatic heterocycles. The molecule has 134 valence electrons. The summed E-state index contributed by atoms with van der Waals surface area (Å²) in [6, 6.07) is 8.33. The second kappa shape index (κ2) is 7.32. The molecule has 0 radical (unpaired) electrons. The summed E-state index contributed by atoms with van der Waals surface area (Å²) in [7, 11) is -2.39. The van der Waals surface area contributed by atoms with Gasteiger partial charge in [0.25, 0.3) is 0 Å². The Labute approximate surface area is 164 Å². The Morgan fingerprint density at radius 1 is 1.08 bits per heavy atom. The average molecular weight is 467 g/mol. The van der Waals surface area contributed by atoms with Crippen molar-refractivity contribution in [3.8, 4) is 11.5 Å². The molecule has 2 aromatic rings. The van der Waals surface area contributed by atoms with Gasteiger partial charge in [-0.1, -0.05) is 45.2 Å². The Bertz CT molecular complexity index is 897. The smallest absolute Gasteiger partial charge is 0.246 e. The molecule has 0 fully saturated rings. The first-order valence-corrected chi connectivity index (χ1v) is 10.3. The SMILES string of the molecule is CN(Cc1ccc2c(c1)OCCO2)S(=O)(=O)c1c(Cl)cc(Br)cc1Cl. The van der Waals surface area contributed by atoms with E-state index in [-0.39, 0.29) is 21.5 Å². The van der Waals surface area contributed by atoms with Crippen LogP contribution < -0.4 is 9.47 Å². The monoisotopic (exact) mass is 465 g/mol. The van der Waals surface area contributed by atoms with Crippen LogP contribution in [0.2, 0.25) is 10.0 Å². The van der Waals surface area contributed by atoms with Gasteiger partial charge in [-0.15, -0.1) is 0 Å². The molecule has 0 atom stereocenters. The van der Waals surface area contributed by atoms with E-state index in [1.807, 2.05) is 0 Å². The number of nitrogens with zero attached hydrogens (tertiary/aromatic N) is 1. The quantitative estimate of drug-likeness (QED) is 0.672. The van der Waals surface area contributed by atoms with Crippen molar-refractivity contribution in [3.05, 3.63) is 50.4 Å². The molecular weight excluding hydrogens is 453 g/mol. The normalized spacial score (nSPS) is 14.0. The number of fused-ring (bicyclic) bond motifs is 1. The van der Waals surface area contributed by atoms with E-state index in [9.17, 15) is 8.42 Å². The fourth-order valence-corrected chi connectivity index (χ4v) is 5.49. The molecule has 0 amide bonds. The highest BCUT2D eigenvalue weighted by Crippen LogP contribution is 2.35. The molecule has 0 saturated heterocycles. The van der Waals surface area contributed by atoms with Crippen molar-refractivity contribution in [2.75, 3.05) is 20.3 Å². The average Bonchev–Trinajstić information content (AvgIpc) is 2.53. The number of hydrogen-bond donors (Lipinski definition) is 0. The molecule has 9 heteroatoms. The van der Waals surface area contributed by atoms with Crippen LogP contribution in [0.4, 0.5) is 0 Å². The van der Waals surface area contributed by atoms with Crippen LogP contribution in [0.5, 0.6) is 11.5 Å². The van der Waals surface area contributed by atoms with Gasteiger partial charge in [-0.2, -0.15) is 4.31 Å². The maximum absolute atomic E-state index is 12.9. The van der Waals surface area contributed by atoms with E-state index >= 15 is 0 Å². The number of hydrogen-bond acceptors (Lipinski definition) is 4. The first-order valence-electron chi connectivity index (χ1n) is 7.28. The minimum Gasteiger partial charge on any atom is -0.486 e. The predicted octanol–water partition coefficient (Wildman–Crippen LogP) is 4.35. The van der Waals surface area contributed by atoms with Crippen LogP contribution >= 0.6 is 39.1 Å². The van der Waals surface area contributed by atoms with Gasteiger partial charge in [0, 0.05) is 18.1 Å². The highest BCUT2D eigenvalue weighted by Gasteiger charge is 2.27. The Morgan fingerprint density at radius 2 is 1.68 bits per heavy atom. The zero-order valence-electron chi connectivity index (χ0n) is 13.1. The number of sulfonamides is 1. The van der Waals surface area contributed by atoms with Crippen LogP contribution in [-0.2, 0) is 16.6 Å². The van der Waals surface area contributed by atoms with Crippen molar-refractivity contribution in [3.63, 3.8) is 0 Å². The van der Waals surface area contributed by atoms with Gasteiger partial charge in [0.1, 0.15) is 18.1 Å². The summed E-state index contributed by atoms with van der Waals surface area (Å²) in [5, 5.41) is 0.127. The number of ether oxygens (including phenoxy) is 2. The van der Waals surface area contributed by atoms with Crippen molar-refractivity contribution in [1.29, 1.82) is 0 Å². The van der Waals surface area contributed by atoms with Crippen LogP contribution in [-0.4, -0.2) is 33.0 Å². The summed E-state index contributed by atoms with van der Waals surface area (Å²) in [6.07, 6.45) is 0. The summed E-state index contributed by atoms with van der Waals surface area (Å²) in [4.78, 5) is -0.112. The molecule has 3 rings (SSSR count). The van der Waals surface area contributed by atoms with E-state index in [0.29, 0.717) is 29.2 Å². The zero-order chi connectivity index (χ0) is 18.2. The lowest BCUT2D eigenvalue weighted by Gasteiger charge is -2.21. The molecule has 0 N–H and O–H groups in total. The van der Waals surface area contributed by atoms with E-state index in [2.05, 4.69) is 15.9 Å². The summed E-state index contributed by atoms with van der Waals surface area (Å²) >= 11 is 15.4. The van der Waals surface area contributed by atoms with E-state index in [4.69, 9.17) is 32.7 Å². The maximum atomic E-state index is 12.9. The molecule has 0 spiro atoms. The van der Waals surface area contributed by atoms with Crippen molar-refractivity contribution in [2.45, 2.75) is 11.4 Å². The Hall–Kier alpha value is -0.990. The van der Waals surface area contributed by atoms with Gasteiger partial charge in [0.15, 0.2) is 11.5 Å². The number of rotatable bonds is 4. The molecule has 0 saturated carbocycles. The lowest BCUT2D eigenvalue weighted by Crippen LogP contribution is -2.27. The van der Waals surface area contributed by atoms with Crippen LogP contribution in [0.15, 0.2) is 39.7 Å². The third kappa shape index (κ3) is 3.90. The summed E-state index contributed by atoms with van der Waals surface area (Å²) in [6.45, 7) is 1.11. The molecule has 5 nitrogen and oxygen atoms in total. The van der Waals surface area contributed by atoms with E-state index < -0.39 is 10.0 Å². The summed E-state index contributed by atoms with van der Waals surface area (Å²) in [5.74, 6) is 1.26. The minimum atomic E-state index is -3.86. The highest BCUT2D eigenvalue weighted by molar-refractivity contribution is 9.10. The van der Waals surface area contributed by atoms with Crippen LogP contribution in [0.3, 0.4) is 0 Å². The van der Waals surface area contributed by atoms with Crippen molar-refractivity contribution in [2.24, 2.45) is 0 Å².